The number of carbonyl (C=O) groups is 1. The van der Waals surface area contributed by atoms with Gasteiger partial charge in [-0.15, -0.1) is 0 Å². The van der Waals surface area contributed by atoms with Crippen molar-refractivity contribution < 1.29 is 31.1 Å². The molecular weight excluding hydrogens is 436 g/mol. The Balaban J connectivity index is 2.02. The summed E-state index contributed by atoms with van der Waals surface area (Å²) in [6.07, 6.45) is -5.07. The normalized spacial score (nSPS) is 22.9. The fourth-order valence-electron chi connectivity index (χ4n) is 4.21. The zero-order valence-electron chi connectivity index (χ0n) is 17.3. The van der Waals surface area contributed by atoms with Crippen LogP contribution in [-0.4, -0.2) is 43.2 Å². The van der Waals surface area contributed by atoms with Gasteiger partial charge >= 0.3 is 12.4 Å². The van der Waals surface area contributed by atoms with Crippen molar-refractivity contribution in [3.05, 3.63) is 58.7 Å². The van der Waals surface area contributed by atoms with Crippen LogP contribution in [0.25, 0.3) is 0 Å². The van der Waals surface area contributed by atoms with Crippen LogP contribution < -0.4 is 11.1 Å². The summed E-state index contributed by atoms with van der Waals surface area (Å²) in [4.78, 5) is 14.0. The zero-order valence-corrected chi connectivity index (χ0v) is 17.3. The minimum atomic E-state index is -4.80. The predicted molar refractivity (Wildman–Crippen MR) is 107 cm³/mol. The smallest absolute Gasteiger partial charge is 0.366 e. The summed E-state index contributed by atoms with van der Waals surface area (Å²) in [5.41, 5.74) is 1.21. The van der Waals surface area contributed by atoms with Crippen LogP contribution in [0.3, 0.4) is 0 Å². The van der Waals surface area contributed by atoms with Crippen LogP contribution in [0.5, 0.6) is 0 Å². The standard InChI is InChI=1S/C22H25F6N3O/c23-21(24,25)17-6-4-5-16(12-17)20(30-7-10-31-8-2-1-3-9-31)13-15(19(29)32)11-18(14-20)22(26,27)28/h4-6,11-12,14,30H,1-3,7-10,13H2,(H2,29,32). The van der Waals surface area contributed by atoms with Crippen LogP contribution >= 0.6 is 0 Å². The third-order valence-corrected chi connectivity index (χ3v) is 5.87. The average molecular weight is 461 g/mol. The van der Waals surface area contributed by atoms with E-state index in [9.17, 15) is 31.1 Å². The van der Waals surface area contributed by atoms with Gasteiger partial charge in [-0.1, -0.05) is 18.6 Å². The highest BCUT2D eigenvalue weighted by atomic mass is 19.4. The summed E-state index contributed by atoms with van der Waals surface area (Å²) in [5, 5.41) is 3.03. The van der Waals surface area contributed by atoms with E-state index in [2.05, 4.69) is 10.2 Å². The van der Waals surface area contributed by atoms with Crippen molar-refractivity contribution >= 4 is 5.91 Å². The van der Waals surface area contributed by atoms with E-state index in [-0.39, 0.29) is 24.1 Å². The Hall–Kier alpha value is -2.33. The lowest BCUT2D eigenvalue weighted by molar-refractivity contribution is -0.137. The molecule has 1 saturated heterocycles. The molecule has 10 heteroatoms. The van der Waals surface area contributed by atoms with Gasteiger partial charge in [0, 0.05) is 25.1 Å². The number of nitrogens with one attached hydrogen (secondary N) is 1. The lowest BCUT2D eigenvalue weighted by atomic mass is 9.77. The van der Waals surface area contributed by atoms with Gasteiger partial charge in [-0.05, 0) is 55.8 Å². The van der Waals surface area contributed by atoms with Crippen molar-refractivity contribution in [3.8, 4) is 0 Å². The minimum absolute atomic E-state index is 0.0143. The van der Waals surface area contributed by atoms with Crippen LogP contribution in [0.1, 0.15) is 36.8 Å². The highest BCUT2D eigenvalue weighted by Gasteiger charge is 2.43. The number of nitrogens with two attached hydrogens (primary N) is 1. The van der Waals surface area contributed by atoms with E-state index < -0.39 is 34.9 Å². The maximum atomic E-state index is 13.6. The van der Waals surface area contributed by atoms with Gasteiger partial charge in [0.25, 0.3) is 0 Å². The zero-order chi connectivity index (χ0) is 23.6. The molecule has 0 aromatic heterocycles. The Labute approximate surface area is 182 Å². The lowest BCUT2D eigenvalue weighted by Gasteiger charge is -2.38. The molecule has 0 radical (unpaired) electrons. The number of amides is 1. The first-order valence-electron chi connectivity index (χ1n) is 10.4. The minimum Gasteiger partial charge on any atom is -0.366 e. The number of halogens is 6. The van der Waals surface area contributed by atoms with E-state index in [4.69, 9.17) is 5.73 Å². The van der Waals surface area contributed by atoms with E-state index in [1.165, 1.54) is 6.07 Å². The first-order chi connectivity index (χ1) is 14.9. The van der Waals surface area contributed by atoms with Crippen molar-refractivity contribution in [1.29, 1.82) is 0 Å². The molecule has 1 aliphatic heterocycles. The van der Waals surface area contributed by atoms with Gasteiger partial charge in [0.15, 0.2) is 0 Å². The molecule has 1 aromatic rings. The van der Waals surface area contributed by atoms with E-state index in [0.717, 1.165) is 56.6 Å². The largest absolute Gasteiger partial charge is 0.416 e. The molecule has 0 spiro atoms. The fourth-order valence-corrected chi connectivity index (χ4v) is 4.21. The number of primary amides is 1. The number of alkyl halides is 6. The Morgan fingerprint density at radius 1 is 1.06 bits per heavy atom. The number of benzene rings is 1. The number of hydrogen-bond acceptors (Lipinski definition) is 3. The van der Waals surface area contributed by atoms with Crippen molar-refractivity contribution in [3.63, 3.8) is 0 Å². The molecule has 1 amide bonds. The van der Waals surface area contributed by atoms with Gasteiger partial charge in [-0.25, -0.2) is 0 Å². The predicted octanol–water partition coefficient (Wildman–Crippen LogP) is 4.28. The lowest BCUT2D eigenvalue weighted by Crippen LogP contribution is -2.48. The summed E-state index contributed by atoms with van der Waals surface area (Å²) in [6, 6.07) is 4.16. The number of carbonyl (C=O) groups excluding carboxylic acids is 1. The van der Waals surface area contributed by atoms with E-state index in [0.29, 0.717) is 12.6 Å². The molecule has 32 heavy (non-hydrogen) atoms. The summed E-state index contributed by atoms with van der Waals surface area (Å²) >= 11 is 0. The number of likely N-dealkylation sites (tertiary alicyclic amines) is 1. The maximum Gasteiger partial charge on any atom is 0.416 e. The Morgan fingerprint density at radius 3 is 2.34 bits per heavy atom. The topological polar surface area (TPSA) is 58.4 Å². The number of hydrogen-bond donors (Lipinski definition) is 2. The number of nitrogens with zero attached hydrogens (tertiary/aromatic N) is 1. The third-order valence-electron chi connectivity index (χ3n) is 5.87. The second-order valence-electron chi connectivity index (χ2n) is 8.19. The number of allylic oxidation sites excluding steroid dienone is 2. The quantitative estimate of drug-likeness (QED) is 0.622. The highest BCUT2D eigenvalue weighted by molar-refractivity contribution is 5.93. The molecule has 1 unspecified atom stereocenters. The third kappa shape index (κ3) is 5.72. The fraction of sp³-hybridized carbons (Fsp3) is 0.500. The van der Waals surface area contributed by atoms with Crippen molar-refractivity contribution in [2.24, 2.45) is 5.73 Å². The summed E-state index contributed by atoms with van der Waals surface area (Å²) < 4.78 is 80.9. The first-order valence-corrected chi connectivity index (χ1v) is 10.4. The van der Waals surface area contributed by atoms with Gasteiger partial charge in [0.2, 0.25) is 5.91 Å². The molecule has 1 aromatic carbocycles. The Kier molecular flexibility index (Phi) is 7.04. The molecule has 1 aliphatic carbocycles. The van der Waals surface area contributed by atoms with Gasteiger partial charge in [-0.3, -0.25) is 4.79 Å². The van der Waals surface area contributed by atoms with Crippen LogP contribution in [0.2, 0.25) is 0 Å². The number of piperidine rings is 1. The summed E-state index contributed by atoms with van der Waals surface area (Å²) in [7, 11) is 0. The molecule has 2 aliphatic rings. The Morgan fingerprint density at radius 2 is 1.75 bits per heavy atom. The molecule has 176 valence electrons. The second kappa shape index (κ2) is 9.27. The van der Waals surface area contributed by atoms with Crippen LogP contribution in [0.15, 0.2) is 47.6 Å². The van der Waals surface area contributed by atoms with Crippen LogP contribution in [-0.2, 0) is 16.5 Å². The molecule has 0 saturated carbocycles. The first kappa shape index (κ1) is 24.3. The molecule has 1 atom stereocenters. The molecular formula is C22H25F6N3O. The van der Waals surface area contributed by atoms with E-state index in [1.807, 2.05) is 0 Å². The van der Waals surface area contributed by atoms with E-state index in [1.54, 1.807) is 0 Å². The van der Waals surface area contributed by atoms with Gasteiger partial charge < -0.3 is 16.0 Å². The summed E-state index contributed by atoms with van der Waals surface area (Å²) in [5.74, 6) is -1.05. The molecule has 3 N–H and O–H groups in total. The van der Waals surface area contributed by atoms with Crippen molar-refractivity contribution in [2.45, 2.75) is 43.6 Å². The molecule has 3 rings (SSSR count). The molecule has 0 bridgehead atoms. The molecule has 1 fully saturated rings. The van der Waals surface area contributed by atoms with Crippen LogP contribution in [0.4, 0.5) is 26.3 Å². The highest BCUT2D eigenvalue weighted by Crippen LogP contribution is 2.42. The second-order valence-corrected chi connectivity index (χ2v) is 8.19. The maximum absolute atomic E-state index is 13.6. The Bertz CT molecular complexity index is 900. The number of rotatable bonds is 6. The van der Waals surface area contributed by atoms with Gasteiger partial charge in [0.1, 0.15) is 0 Å². The van der Waals surface area contributed by atoms with Crippen molar-refractivity contribution in [1.82, 2.24) is 10.2 Å². The molecule has 4 nitrogen and oxygen atoms in total. The average Bonchev–Trinajstić information content (AvgIpc) is 2.73. The van der Waals surface area contributed by atoms with Gasteiger partial charge in [0.05, 0.1) is 16.7 Å². The SMILES string of the molecule is NC(=O)C1=CC(C(F)(F)F)=CC(NCCN2CCCCC2)(c2cccc(C(F)(F)F)c2)C1. The summed E-state index contributed by atoms with van der Waals surface area (Å²) in [6.45, 7) is 2.46. The molecule has 1 heterocycles. The monoisotopic (exact) mass is 461 g/mol. The van der Waals surface area contributed by atoms with Crippen LogP contribution in [0, 0.1) is 0 Å². The van der Waals surface area contributed by atoms with Crippen molar-refractivity contribution in [2.75, 3.05) is 26.2 Å². The van der Waals surface area contributed by atoms with Gasteiger partial charge in [-0.2, -0.15) is 26.3 Å². The van der Waals surface area contributed by atoms with E-state index >= 15 is 0 Å².